The molecule has 2 atom stereocenters. The molecule has 0 unspecified atom stereocenters. The molecule has 0 bridgehead atoms. The number of hydrogen-bond donors (Lipinski definition) is 1. The highest BCUT2D eigenvalue weighted by Crippen LogP contribution is 2.58. The molecular formula is C25H21FO4. The maximum Gasteiger partial charge on any atom is 0.310 e. The van der Waals surface area contributed by atoms with Gasteiger partial charge in [-0.1, -0.05) is 72.8 Å². The summed E-state index contributed by atoms with van der Waals surface area (Å²) in [6.07, 6.45) is 0. The van der Waals surface area contributed by atoms with Crippen molar-refractivity contribution in [3.63, 3.8) is 0 Å². The topological polar surface area (TPSA) is 63.6 Å². The van der Waals surface area contributed by atoms with Crippen LogP contribution in [0.2, 0.25) is 0 Å². The Morgan fingerprint density at radius 3 is 1.73 bits per heavy atom. The standard InChI is InChI=1S/C25H21FO4/c26-19-13-11-16(12-14-19)15-30-25(29)23-20(17-7-3-1-4-8-17)22(24(27)28)21(23)18-9-5-2-6-10-18/h1-14,20-23H,15H2,(H,27,28)/t20-,21-,22-,23-/m0/s1. The molecule has 30 heavy (non-hydrogen) atoms. The van der Waals surface area contributed by atoms with Crippen molar-refractivity contribution in [3.05, 3.63) is 107 Å². The number of ether oxygens (including phenoxy) is 1. The van der Waals surface area contributed by atoms with Crippen molar-refractivity contribution < 1.29 is 23.8 Å². The first kappa shape index (κ1) is 19.8. The molecular weight excluding hydrogens is 383 g/mol. The van der Waals surface area contributed by atoms with E-state index < -0.39 is 35.6 Å². The highest BCUT2D eigenvalue weighted by Gasteiger charge is 2.59. The third-order valence-corrected chi connectivity index (χ3v) is 5.77. The molecule has 0 amide bonds. The van der Waals surface area contributed by atoms with E-state index in [2.05, 4.69) is 0 Å². The predicted octanol–water partition coefficient (Wildman–Crippen LogP) is 4.77. The van der Waals surface area contributed by atoms with Crippen molar-refractivity contribution in [2.24, 2.45) is 11.8 Å². The number of halogens is 1. The van der Waals surface area contributed by atoms with E-state index in [9.17, 15) is 19.1 Å². The number of benzene rings is 3. The van der Waals surface area contributed by atoms with E-state index >= 15 is 0 Å². The van der Waals surface area contributed by atoms with E-state index in [1.54, 1.807) is 12.1 Å². The molecule has 0 aliphatic heterocycles. The van der Waals surface area contributed by atoms with Crippen LogP contribution in [0.25, 0.3) is 0 Å². The van der Waals surface area contributed by atoms with E-state index in [0.29, 0.717) is 5.56 Å². The Labute approximate surface area is 173 Å². The molecule has 1 saturated carbocycles. The second kappa shape index (κ2) is 8.49. The van der Waals surface area contributed by atoms with Crippen LogP contribution in [0, 0.1) is 17.7 Å². The largest absolute Gasteiger partial charge is 0.481 e. The van der Waals surface area contributed by atoms with Crippen LogP contribution >= 0.6 is 0 Å². The number of rotatable bonds is 6. The SMILES string of the molecule is O=C(O)[C@H]1[C@H](c2ccccc2)[C@H](C(=O)OCc2ccc(F)cc2)[C@H]1c1ccccc1. The summed E-state index contributed by atoms with van der Waals surface area (Å²) < 4.78 is 18.7. The molecule has 1 fully saturated rings. The molecule has 0 saturated heterocycles. The Hall–Kier alpha value is -3.47. The Kier molecular flexibility index (Phi) is 5.61. The molecule has 4 rings (SSSR count). The van der Waals surface area contributed by atoms with Crippen LogP contribution in [0.1, 0.15) is 28.5 Å². The Morgan fingerprint density at radius 1 is 0.767 bits per heavy atom. The summed E-state index contributed by atoms with van der Waals surface area (Å²) in [6.45, 7) is 0.0103. The molecule has 0 aromatic heterocycles. The van der Waals surface area contributed by atoms with Crippen molar-refractivity contribution in [2.45, 2.75) is 18.4 Å². The lowest BCUT2D eigenvalue weighted by molar-refractivity contribution is -0.165. The summed E-state index contributed by atoms with van der Waals surface area (Å²) >= 11 is 0. The first-order valence-electron chi connectivity index (χ1n) is 9.80. The van der Waals surface area contributed by atoms with Gasteiger partial charge in [-0.05, 0) is 28.8 Å². The Morgan fingerprint density at radius 2 is 1.27 bits per heavy atom. The average Bonchev–Trinajstić information content (AvgIpc) is 2.74. The maximum atomic E-state index is 13.1. The summed E-state index contributed by atoms with van der Waals surface area (Å²) in [4.78, 5) is 25.3. The van der Waals surface area contributed by atoms with E-state index in [-0.39, 0.29) is 12.4 Å². The zero-order valence-corrected chi connectivity index (χ0v) is 16.1. The van der Waals surface area contributed by atoms with Gasteiger partial charge in [0.1, 0.15) is 12.4 Å². The quantitative estimate of drug-likeness (QED) is 0.602. The third kappa shape index (κ3) is 3.83. The van der Waals surface area contributed by atoms with Crippen molar-refractivity contribution in [1.29, 1.82) is 0 Å². The van der Waals surface area contributed by atoms with Crippen LogP contribution in [-0.4, -0.2) is 17.0 Å². The monoisotopic (exact) mass is 404 g/mol. The lowest BCUT2D eigenvalue weighted by Gasteiger charge is -2.49. The van der Waals surface area contributed by atoms with Gasteiger partial charge >= 0.3 is 11.9 Å². The van der Waals surface area contributed by atoms with Crippen LogP contribution < -0.4 is 0 Å². The van der Waals surface area contributed by atoms with Gasteiger partial charge in [0.15, 0.2) is 0 Å². The number of carbonyl (C=O) groups excluding carboxylic acids is 1. The zero-order chi connectivity index (χ0) is 21.1. The number of esters is 1. The van der Waals surface area contributed by atoms with Gasteiger partial charge in [-0.25, -0.2) is 4.39 Å². The van der Waals surface area contributed by atoms with E-state index in [0.717, 1.165) is 11.1 Å². The Balaban J connectivity index is 1.63. The molecule has 0 heterocycles. The van der Waals surface area contributed by atoms with Gasteiger partial charge < -0.3 is 9.84 Å². The molecule has 1 N–H and O–H groups in total. The van der Waals surface area contributed by atoms with Crippen LogP contribution in [0.3, 0.4) is 0 Å². The Bertz CT molecular complexity index is 971. The number of hydrogen-bond acceptors (Lipinski definition) is 3. The van der Waals surface area contributed by atoms with Gasteiger partial charge in [0, 0.05) is 11.8 Å². The zero-order valence-electron chi connectivity index (χ0n) is 16.1. The summed E-state index contributed by atoms with van der Waals surface area (Å²) in [5.41, 5.74) is 2.29. The van der Waals surface area contributed by atoms with Crippen LogP contribution in [-0.2, 0) is 20.9 Å². The minimum Gasteiger partial charge on any atom is -0.481 e. The molecule has 1 aliphatic carbocycles. The third-order valence-electron chi connectivity index (χ3n) is 5.77. The maximum absolute atomic E-state index is 13.1. The lowest BCUT2D eigenvalue weighted by Crippen LogP contribution is -2.51. The second-order valence-electron chi connectivity index (χ2n) is 7.50. The van der Waals surface area contributed by atoms with Gasteiger partial charge in [-0.3, -0.25) is 9.59 Å². The highest BCUT2D eigenvalue weighted by molar-refractivity contribution is 5.84. The molecule has 1 aliphatic rings. The van der Waals surface area contributed by atoms with Gasteiger partial charge in [0.2, 0.25) is 0 Å². The van der Waals surface area contributed by atoms with E-state index in [4.69, 9.17) is 4.74 Å². The first-order valence-corrected chi connectivity index (χ1v) is 9.80. The smallest absolute Gasteiger partial charge is 0.310 e. The van der Waals surface area contributed by atoms with Crippen molar-refractivity contribution >= 4 is 11.9 Å². The fourth-order valence-electron chi connectivity index (χ4n) is 4.36. The van der Waals surface area contributed by atoms with Gasteiger partial charge in [0.05, 0.1) is 11.8 Å². The second-order valence-corrected chi connectivity index (χ2v) is 7.50. The van der Waals surface area contributed by atoms with E-state index in [1.807, 2.05) is 60.7 Å². The highest BCUT2D eigenvalue weighted by atomic mass is 19.1. The molecule has 5 heteroatoms. The van der Waals surface area contributed by atoms with Crippen molar-refractivity contribution in [1.82, 2.24) is 0 Å². The van der Waals surface area contributed by atoms with Crippen molar-refractivity contribution in [2.75, 3.05) is 0 Å². The fourth-order valence-corrected chi connectivity index (χ4v) is 4.36. The minimum atomic E-state index is -0.930. The summed E-state index contributed by atoms with van der Waals surface area (Å²) in [5, 5.41) is 9.94. The normalized spacial score (nSPS) is 22.7. The summed E-state index contributed by atoms with van der Waals surface area (Å²) in [5.74, 6) is -4.03. The molecule has 0 radical (unpaired) electrons. The van der Waals surface area contributed by atoms with Crippen LogP contribution in [0.4, 0.5) is 4.39 Å². The predicted molar refractivity (Wildman–Crippen MR) is 109 cm³/mol. The molecule has 3 aromatic rings. The van der Waals surface area contributed by atoms with Crippen LogP contribution in [0.15, 0.2) is 84.9 Å². The number of carboxylic acid groups (broad SMARTS) is 1. The number of carbonyl (C=O) groups is 2. The fraction of sp³-hybridized carbons (Fsp3) is 0.200. The van der Waals surface area contributed by atoms with Gasteiger partial charge in [-0.2, -0.15) is 0 Å². The average molecular weight is 404 g/mol. The minimum absolute atomic E-state index is 0.0103. The summed E-state index contributed by atoms with van der Waals surface area (Å²) in [7, 11) is 0. The lowest BCUT2D eigenvalue weighted by atomic mass is 9.52. The number of carboxylic acids is 1. The first-order chi connectivity index (χ1) is 14.6. The number of aliphatic carboxylic acids is 1. The van der Waals surface area contributed by atoms with Gasteiger partial charge in [-0.15, -0.1) is 0 Å². The molecule has 3 aromatic carbocycles. The molecule has 152 valence electrons. The summed E-state index contributed by atoms with van der Waals surface area (Å²) in [6, 6.07) is 24.2. The molecule has 0 spiro atoms. The van der Waals surface area contributed by atoms with Gasteiger partial charge in [0.25, 0.3) is 0 Å². The van der Waals surface area contributed by atoms with Crippen molar-refractivity contribution in [3.8, 4) is 0 Å². The van der Waals surface area contributed by atoms with E-state index in [1.165, 1.54) is 12.1 Å². The van der Waals surface area contributed by atoms with Crippen LogP contribution in [0.5, 0.6) is 0 Å². The molecule has 4 nitrogen and oxygen atoms in total.